The Bertz CT molecular complexity index is 579. The van der Waals surface area contributed by atoms with Crippen LogP contribution in [0.1, 0.15) is 25.6 Å². The second-order valence-corrected chi connectivity index (χ2v) is 4.41. The van der Waals surface area contributed by atoms with E-state index in [1.54, 1.807) is 26.4 Å². The van der Waals surface area contributed by atoms with Crippen molar-refractivity contribution < 1.29 is 14.0 Å². The Kier molecular flexibility index (Phi) is 3.59. The zero-order chi connectivity index (χ0) is 14.0. The van der Waals surface area contributed by atoms with Crippen molar-refractivity contribution >= 4 is 5.69 Å². The number of anilines is 1. The summed E-state index contributed by atoms with van der Waals surface area (Å²) in [5.74, 6) is 2.34. The van der Waals surface area contributed by atoms with Gasteiger partial charge in [-0.15, -0.1) is 0 Å². The van der Waals surface area contributed by atoms with E-state index in [1.807, 2.05) is 13.8 Å². The van der Waals surface area contributed by atoms with Gasteiger partial charge in [-0.1, -0.05) is 19.0 Å². The fourth-order valence-corrected chi connectivity index (χ4v) is 1.66. The summed E-state index contributed by atoms with van der Waals surface area (Å²) in [6.45, 7) is 3.99. The molecule has 0 bridgehead atoms. The summed E-state index contributed by atoms with van der Waals surface area (Å²) >= 11 is 0. The maximum Gasteiger partial charge on any atom is 0.260 e. The van der Waals surface area contributed by atoms with Crippen molar-refractivity contribution in [3.63, 3.8) is 0 Å². The molecule has 1 aromatic carbocycles. The van der Waals surface area contributed by atoms with Gasteiger partial charge in [-0.3, -0.25) is 0 Å². The number of hydrogen-bond acceptors (Lipinski definition) is 6. The lowest BCUT2D eigenvalue weighted by atomic mass is 10.1. The van der Waals surface area contributed by atoms with Crippen molar-refractivity contribution in [3.05, 3.63) is 18.0 Å². The number of benzene rings is 1. The van der Waals surface area contributed by atoms with E-state index in [2.05, 4.69) is 10.1 Å². The minimum Gasteiger partial charge on any atom is -0.493 e. The minimum absolute atomic E-state index is 0.193. The van der Waals surface area contributed by atoms with Gasteiger partial charge in [0.05, 0.1) is 19.8 Å². The molecule has 1 heterocycles. The number of ether oxygens (including phenoxy) is 2. The molecule has 2 rings (SSSR count). The maximum absolute atomic E-state index is 5.97. The number of aromatic nitrogens is 2. The van der Waals surface area contributed by atoms with E-state index in [0.717, 1.165) is 0 Å². The van der Waals surface area contributed by atoms with Gasteiger partial charge in [0.15, 0.2) is 17.3 Å². The molecule has 19 heavy (non-hydrogen) atoms. The fraction of sp³-hybridized carbons (Fsp3) is 0.385. The molecule has 0 saturated heterocycles. The van der Waals surface area contributed by atoms with Crippen LogP contribution in [0.5, 0.6) is 11.5 Å². The first-order chi connectivity index (χ1) is 9.06. The lowest BCUT2D eigenvalue weighted by Crippen LogP contribution is -1.96. The van der Waals surface area contributed by atoms with Crippen LogP contribution in [-0.4, -0.2) is 24.4 Å². The normalized spacial score (nSPS) is 10.8. The van der Waals surface area contributed by atoms with Gasteiger partial charge in [-0.25, -0.2) is 0 Å². The summed E-state index contributed by atoms with van der Waals surface area (Å²) in [6.07, 6.45) is 0. The molecule has 102 valence electrons. The van der Waals surface area contributed by atoms with Crippen LogP contribution >= 0.6 is 0 Å². The SMILES string of the molecule is COc1cc(N)c(-c2nc(C(C)C)no2)cc1OC. The molecular weight excluding hydrogens is 246 g/mol. The van der Waals surface area contributed by atoms with Gasteiger partial charge in [0.2, 0.25) is 0 Å². The van der Waals surface area contributed by atoms with Crippen LogP contribution in [0.25, 0.3) is 11.5 Å². The monoisotopic (exact) mass is 263 g/mol. The van der Waals surface area contributed by atoms with Gasteiger partial charge in [-0.2, -0.15) is 4.98 Å². The quantitative estimate of drug-likeness (QED) is 0.853. The molecule has 0 saturated carbocycles. The van der Waals surface area contributed by atoms with Crippen LogP contribution in [0.3, 0.4) is 0 Å². The zero-order valence-electron chi connectivity index (χ0n) is 11.4. The van der Waals surface area contributed by atoms with E-state index in [0.29, 0.717) is 34.5 Å². The van der Waals surface area contributed by atoms with Crippen LogP contribution in [0, 0.1) is 0 Å². The summed E-state index contributed by atoms with van der Waals surface area (Å²) in [5, 5.41) is 3.92. The highest BCUT2D eigenvalue weighted by Crippen LogP contribution is 2.36. The summed E-state index contributed by atoms with van der Waals surface area (Å²) < 4.78 is 15.6. The summed E-state index contributed by atoms with van der Waals surface area (Å²) in [6, 6.07) is 3.40. The molecule has 6 heteroatoms. The zero-order valence-corrected chi connectivity index (χ0v) is 11.4. The average Bonchev–Trinajstić information content (AvgIpc) is 2.87. The molecule has 6 nitrogen and oxygen atoms in total. The second-order valence-electron chi connectivity index (χ2n) is 4.41. The molecule has 0 aliphatic carbocycles. The molecule has 2 aromatic rings. The van der Waals surface area contributed by atoms with E-state index < -0.39 is 0 Å². The Morgan fingerprint density at radius 1 is 1.16 bits per heavy atom. The standard InChI is InChI=1S/C13H17N3O3/c1-7(2)12-15-13(19-16-12)8-5-10(17-3)11(18-4)6-9(8)14/h5-7H,14H2,1-4H3. The van der Waals surface area contributed by atoms with Crippen LogP contribution in [0.15, 0.2) is 16.7 Å². The van der Waals surface area contributed by atoms with Crippen molar-refractivity contribution in [3.8, 4) is 23.0 Å². The predicted octanol–water partition coefficient (Wildman–Crippen LogP) is 2.46. The van der Waals surface area contributed by atoms with Crippen LogP contribution < -0.4 is 15.2 Å². The Labute approximate surface area is 111 Å². The van der Waals surface area contributed by atoms with E-state index in [-0.39, 0.29) is 5.92 Å². The highest BCUT2D eigenvalue weighted by molar-refractivity contribution is 5.75. The molecule has 0 aliphatic rings. The molecule has 2 N–H and O–H groups in total. The number of hydrogen-bond donors (Lipinski definition) is 1. The number of nitrogens with two attached hydrogens (primary N) is 1. The number of nitrogens with zero attached hydrogens (tertiary/aromatic N) is 2. The maximum atomic E-state index is 5.97. The third-order valence-corrected chi connectivity index (χ3v) is 2.74. The van der Waals surface area contributed by atoms with E-state index in [1.165, 1.54) is 0 Å². The third kappa shape index (κ3) is 2.47. The highest BCUT2D eigenvalue weighted by Gasteiger charge is 2.17. The van der Waals surface area contributed by atoms with E-state index in [9.17, 15) is 0 Å². The molecule has 0 aliphatic heterocycles. The summed E-state index contributed by atoms with van der Waals surface area (Å²) in [5.41, 5.74) is 7.11. The van der Waals surface area contributed by atoms with Crippen molar-refractivity contribution in [2.45, 2.75) is 19.8 Å². The van der Waals surface area contributed by atoms with Crippen LogP contribution in [0.4, 0.5) is 5.69 Å². The minimum atomic E-state index is 0.193. The van der Waals surface area contributed by atoms with Crippen molar-refractivity contribution in [1.82, 2.24) is 10.1 Å². The second kappa shape index (κ2) is 5.17. The van der Waals surface area contributed by atoms with Gasteiger partial charge >= 0.3 is 0 Å². The Balaban J connectivity index is 2.49. The third-order valence-electron chi connectivity index (χ3n) is 2.74. The molecule has 1 aromatic heterocycles. The van der Waals surface area contributed by atoms with Gasteiger partial charge in [-0.05, 0) is 6.07 Å². The Morgan fingerprint density at radius 2 is 1.79 bits per heavy atom. The predicted molar refractivity (Wildman–Crippen MR) is 71.3 cm³/mol. The number of rotatable bonds is 4. The van der Waals surface area contributed by atoms with Crippen LogP contribution in [-0.2, 0) is 0 Å². The van der Waals surface area contributed by atoms with Crippen molar-refractivity contribution in [2.24, 2.45) is 0 Å². The lowest BCUT2D eigenvalue weighted by Gasteiger charge is -2.10. The average molecular weight is 263 g/mol. The summed E-state index contributed by atoms with van der Waals surface area (Å²) in [4.78, 5) is 4.32. The number of nitrogen functional groups attached to an aromatic ring is 1. The first-order valence-corrected chi connectivity index (χ1v) is 5.92. The molecular formula is C13H17N3O3. The van der Waals surface area contributed by atoms with E-state index in [4.69, 9.17) is 19.7 Å². The van der Waals surface area contributed by atoms with Crippen LogP contribution in [0.2, 0.25) is 0 Å². The lowest BCUT2D eigenvalue weighted by molar-refractivity contribution is 0.355. The molecule has 0 radical (unpaired) electrons. The fourth-order valence-electron chi connectivity index (χ4n) is 1.66. The Morgan fingerprint density at radius 3 is 2.32 bits per heavy atom. The van der Waals surface area contributed by atoms with Gasteiger partial charge in [0.1, 0.15) is 0 Å². The Hall–Kier alpha value is -2.24. The number of methoxy groups -OCH3 is 2. The highest BCUT2D eigenvalue weighted by atomic mass is 16.5. The smallest absolute Gasteiger partial charge is 0.260 e. The van der Waals surface area contributed by atoms with Gasteiger partial charge in [0.25, 0.3) is 5.89 Å². The molecule has 0 atom stereocenters. The molecule has 0 fully saturated rings. The molecule has 0 amide bonds. The summed E-state index contributed by atoms with van der Waals surface area (Å²) in [7, 11) is 3.12. The van der Waals surface area contributed by atoms with Gasteiger partial charge < -0.3 is 19.7 Å². The van der Waals surface area contributed by atoms with Gasteiger partial charge in [0, 0.05) is 17.7 Å². The first-order valence-electron chi connectivity index (χ1n) is 5.92. The largest absolute Gasteiger partial charge is 0.493 e. The van der Waals surface area contributed by atoms with E-state index >= 15 is 0 Å². The van der Waals surface area contributed by atoms with Crippen molar-refractivity contribution in [1.29, 1.82) is 0 Å². The van der Waals surface area contributed by atoms with Crippen molar-refractivity contribution in [2.75, 3.05) is 20.0 Å². The molecule has 0 unspecified atom stereocenters. The molecule has 0 spiro atoms. The first kappa shape index (κ1) is 13.2. The topological polar surface area (TPSA) is 83.4 Å².